The molecule has 20 heavy (non-hydrogen) atoms. The van der Waals surface area contributed by atoms with Crippen molar-refractivity contribution in [1.29, 1.82) is 0 Å². The Morgan fingerprint density at radius 1 is 1.05 bits per heavy atom. The molecule has 0 spiro atoms. The van der Waals surface area contributed by atoms with E-state index in [9.17, 15) is 9.00 Å². The maximum Gasteiger partial charge on any atom is 0.263 e. The van der Waals surface area contributed by atoms with Crippen molar-refractivity contribution in [3.63, 3.8) is 0 Å². The summed E-state index contributed by atoms with van der Waals surface area (Å²) in [6, 6.07) is 13.8. The van der Waals surface area contributed by atoms with E-state index in [2.05, 4.69) is 4.72 Å². The summed E-state index contributed by atoms with van der Waals surface area (Å²) in [6.07, 6.45) is 0. The number of hydrogen-bond acceptors (Lipinski definition) is 3. The zero-order valence-corrected chi connectivity index (χ0v) is 12.1. The second-order valence-corrected chi connectivity index (χ2v) is 5.45. The first-order valence-electron chi connectivity index (χ1n) is 6.03. The zero-order valence-electron chi connectivity index (χ0n) is 11.3. The molecule has 2 aromatic rings. The van der Waals surface area contributed by atoms with Crippen LogP contribution in [-0.2, 0) is 11.0 Å². The van der Waals surface area contributed by atoms with E-state index in [0.29, 0.717) is 16.2 Å². The van der Waals surface area contributed by atoms with E-state index in [1.54, 1.807) is 43.5 Å². The van der Waals surface area contributed by atoms with E-state index < -0.39 is 11.0 Å². The van der Waals surface area contributed by atoms with Gasteiger partial charge in [-0.3, -0.25) is 9.52 Å². The van der Waals surface area contributed by atoms with Gasteiger partial charge in [0.1, 0.15) is 5.75 Å². The molecule has 0 aliphatic heterocycles. The molecular formula is C15H15NO3S. The minimum Gasteiger partial charge on any atom is -0.497 e. The predicted molar refractivity (Wildman–Crippen MR) is 78.0 cm³/mol. The van der Waals surface area contributed by atoms with Crippen molar-refractivity contribution in [2.45, 2.75) is 11.8 Å². The molecule has 0 bridgehead atoms. The number of methoxy groups -OCH3 is 1. The molecule has 0 fully saturated rings. The summed E-state index contributed by atoms with van der Waals surface area (Å²) in [5, 5.41) is 0. The molecule has 2 rings (SSSR count). The van der Waals surface area contributed by atoms with Crippen molar-refractivity contribution < 1.29 is 13.7 Å². The van der Waals surface area contributed by atoms with Crippen LogP contribution in [0.2, 0.25) is 0 Å². The summed E-state index contributed by atoms with van der Waals surface area (Å²) in [5.41, 5.74) is 1.51. The van der Waals surface area contributed by atoms with E-state index in [1.165, 1.54) is 0 Å². The van der Waals surface area contributed by atoms with E-state index in [-0.39, 0.29) is 5.91 Å². The zero-order chi connectivity index (χ0) is 14.5. The summed E-state index contributed by atoms with van der Waals surface area (Å²) in [6.45, 7) is 1.95. The van der Waals surface area contributed by atoms with Crippen molar-refractivity contribution in [1.82, 2.24) is 4.72 Å². The van der Waals surface area contributed by atoms with Crippen LogP contribution < -0.4 is 9.46 Å². The van der Waals surface area contributed by atoms with Crippen molar-refractivity contribution in [3.05, 3.63) is 59.7 Å². The largest absolute Gasteiger partial charge is 0.497 e. The van der Waals surface area contributed by atoms with Crippen LogP contribution in [0.15, 0.2) is 53.4 Å². The lowest BCUT2D eigenvalue weighted by Gasteiger charge is -2.06. The third-order valence-corrected chi connectivity index (χ3v) is 3.84. The fourth-order valence-corrected chi connectivity index (χ4v) is 2.39. The Hall–Kier alpha value is -2.14. The maximum absolute atomic E-state index is 12.0. The molecule has 2 aromatic carbocycles. The third kappa shape index (κ3) is 3.45. The predicted octanol–water partition coefficient (Wildman–Crippen LogP) is 2.46. The van der Waals surface area contributed by atoms with E-state index in [0.717, 1.165) is 5.56 Å². The maximum atomic E-state index is 12.0. The van der Waals surface area contributed by atoms with Crippen LogP contribution in [0, 0.1) is 6.92 Å². The number of ether oxygens (including phenoxy) is 1. The lowest BCUT2D eigenvalue weighted by molar-refractivity contribution is 0.0983. The Bertz CT molecular complexity index is 621. The molecule has 1 atom stereocenters. The highest BCUT2D eigenvalue weighted by Crippen LogP contribution is 2.12. The summed E-state index contributed by atoms with van der Waals surface area (Å²) in [7, 11) is -0.00312. The molecule has 1 unspecified atom stereocenters. The summed E-state index contributed by atoms with van der Waals surface area (Å²) in [4.78, 5) is 12.5. The number of hydrogen-bond donors (Lipinski definition) is 1. The highest BCUT2D eigenvalue weighted by Gasteiger charge is 2.10. The normalized spacial score (nSPS) is 11.7. The standard InChI is InChI=1S/C15H15NO3S/c1-11-3-9-14(10-4-11)20(18)16-15(17)12-5-7-13(19-2)8-6-12/h3-10H,1-2H3,(H,16,17). The fourth-order valence-electron chi connectivity index (χ4n) is 1.61. The number of rotatable bonds is 4. The van der Waals surface area contributed by atoms with Crippen LogP contribution in [-0.4, -0.2) is 17.2 Å². The average Bonchev–Trinajstić information content (AvgIpc) is 2.48. The van der Waals surface area contributed by atoms with Crippen LogP contribution in [0.4, 0.5) is 0 Å². The van der Waals surface area contributed by atoms with Crippen LogP contribution in [0.1, 0.15) is 15.9 Å². The van der Waals surface area contributed by atoms with Crippen molar-refractivity contribution in [2.75, 3.05) is 7.11 Å². The molecule has 0 heterocycles. The van der Waals surface area contributed by atoms with E-state index >= 15 is 0 Å². The first kappa shape index (κ1) is 14.3. The Kier molecular flexibility index (Phi) is 4.53. The fraction of sp³-hybridized carbons (Fsp3) is 0.133. The highest BCUT2D eigenvalue weighted by molar-refractivity contribution is 7.83. The molecule has 0 saturated carbocycles. The lowest BCUT2D eigenvalue weighted by Crippen LogP contribution is -2.25. The van der Waals surface area contributed by atoms with Gasteiger partial charge in [0, 0.05) is 5.56 Å². The minimum atomic E-state index is -1.56. The number of benzene rings is 2. The van der Waals surface area contributed by atoms with Gasteiger partial charge in [0.25, 0.3) is 5.91 Å². The number of carbonyl (C=O) groups excluding carboxylic acids is 1. The highest BCUT2D eigenvalue weighted by atomic mass is 32.2. The number of nitrogens with one attached hydrogen (secondary N) is 1. The summed E-state index contributed by atoms with van der Waals surface area (Å²) < 4.78 is 19.5. The van der Waals surface area contributed by atoms with Gasteiger partial charge in [0.15, 0.2) is 11.0 Å². The molecule has 0 saturated heterocycles. The smallest absolute Gasteiger partial charge is 0.263 e. The quantitative estimate of drug-likeness (QED) is 0.940. The van der Waals surface area contributed by atoms with Gasteiger partial charge in [0.2, 0.25) is 0 Å². The molecule has 104 valence electrons. The third-order valence-electron chi connectivity index (χ3n) is 2.77. The average molecular weight is 289 g/mol. The van der Waals surface area contributed by atoms with E-state index in [1.807, 2.05) is 19.1 Å². The van der Waals surface area contributed by atoms with Gasteiger partial charge >= 0.3 is 0 Å². The van der Waals surface area contributed by atoms with Gasteiger partial charge in [-0.1, -0.05) is 17.7 Å². The Morgan fingerprint density at radius 3 is 2.20 bits per heavy atom. The number of carbonyl (C=O) groups is 1. The second kappa shape index (κ2) is 6.34. The molecule has 1 amide bonds. The Labute approximate surface area is 120 Å². The monoisotopic (exact) mass is 289 g/mol. The first-order chi connectivity index (χ1) is 9.60. The lowest BCUT2D eigenvalue weighted by atomic mass is 10.2. The second-order valence-electron chi connectivity index (χ2n) is 4.24. The van der Waals surface area contributed by atoms with Crippen molar-refractivity contribution >= 4 is 16.9 Å². The molecule has 1 N–H and O–H groups in total. The Balaban J connectivity index is 2.06. The Morgan fingerprint density at radius 2 is 1.65 bits per heavy atom. The number of aryl methyl sites for hydroxylation is 1. The molecular weight excluding hydrogens is 274 g/mol. The van der Waals surface area contributed by atoms with Gasteiger partial charge in [-0.25, -0.2) is 4.21 Å². The summed E-state index contributed by atoms with van der Waals surface area (Å²) >= 11 is 0. The van der Waals surface area contributed by atoms with Gasteiger partial charge in [-0.2, -0.15) is 0 Å². The number of amides is 1. The van der Waals surface area contributed by atoms with Gasteiger partial charge in [-0.15, -0.1) is 0 Å². The van der Waals surface area contributed by atoms with Gasteiger partial charge < -0.3 is 4.74 Å². The SMILES string of the molecule is COc1ccc(C(=O)NS(=O)c2ccc(C)cc2)cc1. The molecule has 0 aromatic heterocycles. The molecule has 0 aliphatic carbocycles. The van der Waals surface area contributed by atoms with Gasteiger partial charge in [0.05, 0.1) is 12.0 Å². The van der Waals surface area contributed by atoms with Gasteiger partial charge in [-0.05, 0) is 43.3 Å². The molecule has 0 aliphatic rings. The van der Waals surface area contributed by atoms with Crippen molar-refractivity contribution in [3.8, 4) is 5.75 Å². The molecule has 4 nitrogen and oxygen atoms in total. The summed E-state index contributed by atoms with van der Waals surface area (Å²) in [5.74, 6) is 0.285. The first-order valence-corrected chi connectivity index (χ1v) is 7.18. The van der Waals surface area contributed by atoms with Crippen LogP contribution >= 0.6 is 0 Å². The molecule has 5 heteroatoms. The van der Waals surface area contributed by atoms with E-state index in [4.69, 9.17) is 4.74 Å². The van der Waals surface area contributed by atoms with Crippen LogP contribution in [0.25, 0.3) is 0 Å². The van der Waals surface area contributed by atoms with Crippen LogP contribution in [0.3, 0.4) is 0 Å². The minimum absolute atomic E-state index is 0.383. The van der Waals surface area contributed by atoms with Crippen LogP contribution in [0.5, 0.6) is 5.75 Å². The molecule has 0 radical (unpaired) electrons. The van der Waals surface area contributed by atoms with Crippen molar-refractivity contribution in [2.24, 2.45) is 0 Å². The topological polar surface area (TPSA) is 55.4 Å².